The first kappa shape index (κ1) is 20.1. The zero-order valence-corrected chi connectivity index (χ0v) is 17.4. The van der Waals surface area contributed by atoms with E-state index >= 15 is 0 Å². The van der Waals surface area contributed by atoms with E-state index < -0.39 is 17.9 Å². The zero-order valence-electron chi connectivity index (χ0n) is 15.2. The van der Waals surface area contributed by atoms with Gasteiger partial charge in [0.1, 0.15) is 6.04 Å². The molecule has 3 aromatic rings. The average molecular weight is 484 g/mol. The fraction of sp³-hybridized carbons (Fsp3) is 0.130. The molecule has 0 unspecified atom stereocenters. The normalized spacial score (nSPS) is 11.8. The molecule has 0 aromatic heterocycles. The summed E-state index contributed by atoms with van der Waals surface area (Å²) in [7, 11) is 0. The van der Waals surface area contributed by atoms with Gasteiger partial charge in [-0.05, 0) is 45.3 Å². The zero-order chi connectivity index (χ0) is 19.9. The van der Waals surface area contributed by atoms with Crippen LogP contribution in [-0.2, 0) is 16.0 Å². The lowest BCUT2D eigenvalue weighted by atomic mass is 9.90. The minimum atomic E-state index is -0.779. The van der Waals surface area contributed by atoms with Crippen LogP contribution in [0.4, 0.5) is 0 Å². The Kier molecular flexibility index (Phi) is 6.81. The largest absolute Gasteiger partial charge is 0.368 e. The Hall–Kier alpha value is -2.67. The van der Waals surface area contributed by atoms with Gasteiger partial charge in [-0.2, -0.15) is 0 Å². The molecule has 28 heavy (non-hydrogen) atoms. The predicted molar refractivity (Wildman–Crippen MR) is 119 cm³/mol. The van der Waals surface area contributed by atoms with Crippen molar-refractivity contribution < 1.29 is 9.59 Å². The van der Waals surface area contributed by atoms with Gasteiger partial charge in [0.05, 0.1) is 5.92 Å². The van der Waals surface area contributed by atoms with E-state index in [1.54, 1.807) is 0 Å². The molecule has 0 heterocycles. The van der Waals surface area contributed by atoms with Gasteiger partial charge in [-0.1, -0.05) is 78.9 Å². The van der Waals surface area contributed by atoms with Gasteiger partial charge >= 0.3 is 0 Å². The Balaban J connectivity index is 1.87. The van der Waals surface area contributed by atoms with Gasteiger partial charge in [-0.15, -0.1) is 0 Å². The van der Waals surface area contributed by atoms with Gasteiger partial charge in [0, 0.05) is 9.99 Å². The summed E-state index contributed by atoms with van der Waals surface area (Å²) in [5.41, 5.74) is 8.31. The third kappa shape index (κ3) is 4.98. The summed E-state index contributed by atoms with van der Waals surface area (Å²) in [5, 5.41) is 2.87. The van der Waals surface area contributed by atoms with E-state index in [4.69, 9.17) is 5.73 Å². The number of carbonyl (C=O) groups is 2. The molecule has 0 saturated carbocycles. The van der Waals surface area contributed by atoms with Crippen molar-refractivity contribution >= 4 is 34.4 Å². The minimum Gasteiger partial charge on any atom is -0.368 e. The second-order valence-electron chi connectivity index (χ2n) is 6.51. The third-order valence-corrected chi connectivity index (χ3v) is 5.62. The summed E-state index contributed by atoms with van der Waals surface area (Å²) < 4.78 is 1.03. The SMILES string of the molecule is NC(=O)[C@H](Cc1ccccc1I)NC(=O)C(c1ccccc1)c1ccccc1. The average Bonchev–Trinajstić information content (AvgIpc) is 2.71. The standard InChI is InChI=1S/C23H21IN2O2/c24-19-14-8-7-13-18(19)15-20(22(25)27)26-23(28)21(16-9-3-1-4-10-16)17-11-5-2-6-12-17/h1-14,20-21H,15H2,(H2,25,27)(H,26,28)/t20-/m0/s1. The lowest BCUT2D eigenvalue weighted by Crippen LogP contribution is -2.47. The van der Waals surface area contributed by atoms with Crippen LogP contribution in [0.15, 0.2) is 84.9 Å². The van der Waals surface area contributed by atoms with Gasteiger partial charge in [-0.25, -0.2) is 0 Å². The number of nitrogens with two attached hydrogens (primary N) is 1. The van der Waals surface area contributed by atoms with E-state index in [1.807, 2.05) is 84.9 Å². The van der Waals surface area contributed by atoms with Crippen molar-refractivity contribution in [1.29, 1.82) is 0 Å². The second-order valence-corrected chi connectivity index (χ2v) is 7.68. The maximum Gasteiger partial charge on any atom is 0.240 e. The maximum atomic E-state index is 13.2. The van der Waals surface area contributed by atoms with Gasteiger partial charge in [0.2, 0.25) is 11.8 Å². The summed E-state index contributed by atoms with van der Waals surface area (Å²) in [6, 6.07) is 26.0. The number of carbonyl (C=O) groups excluding carboxylic acids is 2. The van der Waals surface area contributed by atoms with Crippen molar-refractivity contribution in [3.8, 4) is 0 Å². The van der Waals surface area contributed by atoms with Crippen molar-refractivity contribution in [2.75, 3.05) is 0 Å². The highest BCUT2D eigenvalue weighted by atomic mass is 127. The number of halogens is 1. The molecular formula is C23H21IN2O2. The first-order valence-electron chi connectivity index (χ1n) is 8.99. The predicted octanol–water partition coefficient (Wildman–Crippen LogP) is 3.64. The summed E-state index contributed by atoms with van der Waals surface area (Å²) >= 11 is 2.22. The third-order valence-electron chi connectivity index (χ3n) is 4.57. The van der Waals surface area contributed by atoms with Crippen LogP contribution in [0.25, 0.3) is 0 Å². The molecule has 5 heteroatoms. The molecule has 142 valence electrons. The lowest BCUT2D eigenvalue weighted by molar-refractivity contribution is -0.127. The van der Waals surface area contributed by atoms with Crippen LogP contribution in [0.1, 0.15) is 22.6 Å². The number of hydrogen-bond donors (Lipinski definition) is 2. The smallest absolute Gasteiger partial charge is 0.240 e. The molecule has 0 aliphatic heterocycles. The molecule has 0 spiro atoms. The Labute approximate surface area is 178 Å². The molecule has 2 amide bonds. The first-order valence-corrected chi connectivity index (χ1v) is 10.1. The Bertz CT molecular complexity index is 906. The topological polar surface area (TPSA) is 72.2 Å². The summed E-state index contributed by atoms with van der Waals surface area (Å²) in [5.74, 6) is -1.31. The Morgan fingerprint density at radius 1 is 0.821 bits per heavy atom. The maximum absolute atomic E-state index is 13.2. The molecule has 0 radical (unpaired) electrons. The number of benzene rings is 3. The van der Waals surface area contributed by atoms with Crippen LogP contribution in [0.5, 0.6) is 0 Å². The quantitative estimate of drug-likeness (QED) is 0.503. The Morgan fingerprint density at radius 2 is 1.32 bits per heavy atom. The van der Waals surface area contributed by atoms with E-state index in [9.17, 15) is 9.59 Å². The monoisotopic (exact) mass is 484 g/mol. The molecule has 1 atom stereocenters. The van der Waals surface area contributed by atoms with Gasteiger partial charge < -0.3 is 11.1 Å². The van der Waals surface area contributed by atoms with Crippen LogP contribution in [0.2, 0.25) is 0 Å². The van der Waals surface area contributed by atoms with Crippen molar-refractivity contribution in [3.05, 3.63) is 105 Å². The highest BCUT2D eigenvalue weighted by Crippen LogP contribution is 2.25. The fourth-order valence-corrected chi connectivity index (χ4v) is 3.76. The molecule has 0 aliphatic carbocycles. The van der Waals surface area contributed by atoms with Crippen molar-refractivity contribution in [3.63, 3.8) is 0 Å². The fourth-order valence-electron chi connectivity index (χ4n) is 3.15. The molecule has 3 N–H and O–H groups in total. The summed E-state index contributed by atoms with van der Waals surface area (Å²) in [6.07, 6.45) is 0.358. The second kappa shape index (κ2) is 9.50. The van der Waals surface area contributed by atoms with Gasteiger partial charge in [0.15, 0.2) is 0 Å². The van der Waals surface area contributed by atoms with Crippen LogP contribution < -0.4 is 11.1 Å². The van der Waals surface area contributed by atoms with Gasteiger partial charge in [0.25, 0.3) is 0 Å². The molecule has 3 rings (SSSR count). The molecule has 3 aromatic carbocycles. The van der Waals surface area contributed by atoms with Crippen molar-refractivity contribution in [2.24, 2.45) is 5.73 Å². The van der Waals surface area contributed by atoms with Crippen molar-refractivity contribution in [2.45, 2.75) is 18.4 Å². The molecule has 4 nitrogen and oxygen atoms in total. The minimum absolute atomic E-state index is 0.243. The van der Waals surface area contributed by atoms with Crippen LogP contribution >= 0.6 is 22.6 Å². The van der Waals surface area contributed by atoms with Crippen LogP contribution in [0.3, 0.4) is 0 Å². The van der Waals surface area contributed by atoms with Crippen LogP contribution in [-0.4, -0.2) is 17.9 Å². The molecular weight excluding hydrogens is 463 g/mol. The first-order chi connectivity index (χ1) is 13.6. The summed E-state index contributed by atoms with van der Waals surface area (Å²) in [4.78, 5) is 25.3. The molecule has 0 saturated heterocycles. The lowest BCUT2D eigenvalue weighted by Gasteiger charge is -2.22. The highest BCUT2D eigenvalue weighted by Gasteiger charge is 2.27. The van der Waals surface area contributed by atoms with E-state index in [-0.39, 0.29) is 5.91 Å². The van der Waals surface area contributed by atoms with E-state index in [0.717, 1.165) is 20.3 Å². The van der Waals surface area contributed by atoms with Crippen LogP contribution in [0, 0.1) is 3.57 Å². The Morgan fingerprint density at radius 3 is 1.82 bits per heavy atom. The summed E-state index contributed by atoms with van der Waals surface area (Å²) in [6.45, 7) is 0. The number of rotatable bonds is 7. The molecule has 0 fully saturated rings. The number of nitrogens with one attached hydrogen (secondary N) is 1. The molecule has 0 aliphatic rings. The highest BCUT2D eigenvalue weighted by molar-refractivity contribution is 14.1. The van der Waals surface area contributed by atoms with E-state index in [0.29, 0.717) is 6.42 Å². The van der Waals surface area contributed by atoms with Crippen molar-refractivity contribution in [1.82, 2.24) is 5.32 Å². The molecule has 0 bridgehead atoms. The van der Waals surface area contributed by atoms with E-state index in [2.05, 4.69) is 27.9 Å². The number of amides is 2. The van der Waals surface area contributed by atoms with Gasteiger partial charge in [-0.3, -0.25) is 9.59 Å². The number of primary amides is 1. The number of hydrogen-bond acceptors (Lipinski definition) is 2. The van der Waals surface area contributed by atoms with E-state index in [1.165, 1.54) is 0 Å².